The van der Waals surface area contributed by atoms with Crippen molar-refractivity contribution in [1.82, 2.24) is 0 Å². The number of benzene rings is 2. The van der Waals surface area contributed by atoms with Gasteiger partial charge in [-0.05, 0) is 36.8 Å². The van der Waals surface area contributed by atoms with Crippen LogP contribution >= 0.6 is 0 Å². The zero-order valence-corrected chi connectivity index (χ0v) is 9.90. The van der Waals surface area contributed by atoms with Gasteiger partial charge in [0.1, 0.15) is 11.3 Å². The molecule has 0 unspecified atom stereocenters. The summed E-state index contributed by atoms with van der Waals surface area (Å²) in [6, 6.07) is 14.4. The number of hydrogen-bond acceptors (Lipinski definition) is 2. The fourth-order valence-corrected chi connectivity index (χ4v) is 2.00. The molecule has 0 fully saturated rings. The van der Waals surface area contributed by atoms with E-state index in [1.54, 1.807) is 7.05 Å². The number of rotatable bonds is 0. The second kappa shape index (κ2) is 3.74. The van der Waals surface area contributed by atoms with Crippen LogP contribution in [-0.4, -0.2) is 7.05 Å². The van der Waals surface area contributed by atoms with Gasteiger partial charge in [-0.1, -0.05) is 12.1 Å². The van der Waals surface area contributed by atoms with E-state index in [2.05, 4.69) is 36.2 Å². The summed E-state index contributed by atoms with van der Waals surface area (Å²) in [7, 11) is 1.78. The molecule has 1 aromatic rings. The van der Waals surface area contributed by atoms with E-state index in [4.69, 9.17) is 4.42 Å². The number of fused-ring (bicyclic) bond motifs is 2. The molecule has 84 valence electrons. The van der Waals surface area contributed by atoms with Gasteiger partial charge in [-0.3, -0.25) is 4.99 Å². The van der Waals surface area contributed by atoms with E-state index in [1.807, 2.05) is 18.2 Å². The standard InChI is InChI=1S/C15H13NO/c1-10-3-4-11-8-12-5-6-13(16-2)9-15(12)17-14(11)7-10/h3-9H,1-2H3/b16-13+. The highest BCUT2D eigenvalue weighted by atomic mass is 16.3. The maximum atomic E-state index is 5.91. The number of aryl methyl sites for hydroxylation is 1. The van der Waals surface area contributed by atoms with Gasteiger partial charge in [0.15, 0.2) is 0 Å². The molecule has 0 bridgehead atoms. The highest BCUT2D eigenvalue weighted by Crippen LogP contribution is 2.27. The molecule has 0 N–H and O–H groups in total. The Morgan fingerprint density at radius 2 is 1.88 bits per heavy atom. The molecule has 0 saturated carbocycles. The predicted molar refractivity (Wildman–Crippen MR) is 69.1 cm³/mol. The molecule has 1 heterocycles. The van der Waals surface area contributed by atoms with Crippen molar-refractivity contribution in [3.8, 4) is 11.3 Å². The Morgan fingerprint density at radius 3 is 2.71 bits per heavy atom. The van der Waals surface area contributed by atoms with E-state index in [1.165, 1.54) is 5.56 Å². The van der Waals surface area contributed by atoms with Gasteiger partial charge in [-0.2, -0.15) is 0 Å². The topological polar surface area (TPSA) is 25.5 Å². The van der Waals surface area contributed by atoms with Gasteiger partial charge >= 0.3 is 0 Å². The molecule has 1 aliphatic carbocycles. The summed E-state index contributed by atoms with van der Waals surface area (Å²) in [4.78, 5) is 4.16. The molecule has 0 amide bonds. The van der Waals surface area contributed by atoms with Crippen molar-refractivity contribution in [2.75, 3.05) is 7.05 Å². The first kappa shape index (κ1) is 10.1. The lowest BCUT2D eigenvalue weighted by atomic mass is 10.1. The van der Waals surface area contributed by atoms with Crippen LogP contribution in [0.15, 0.2) is 51.9 Å². The second-order valence-electron chi connectivity index (χ2n) is 4.23. The van der Waals surface area contributed by atoms with Crippen LogP contribution in [0.25, 0.3) is 22.3 Å². The summed E-state index contributed by atoms with van der Waals surface area (Å²) in [5.74, 6) is 0.881. The van der Waals surface area contributed by atoms with E-state index < -0.39 is 0 Å². The minimum absolute atomic E-state index is 0.881. The summed E-state index contributed by atoms with van der Waals surface area (Å²) < 4.78 is 5.91. The van der Waals surface area contributed by atoms with E-state index in [0.717, 1.165) is 27.7 Å². The van der Waals surface area contributed by atoms with Crippen LogP contribution in [0.5, 0.6) is 0 Å². The Bertz CT molecular complexity index is 725. The van der Waals surface area contributed by atoms with Gasteiger partial charge in [0.25, 0.3) is 0 Å². The molecular formula is C15H13NO. The third kappa shape index (κ3) is 1.72. The lowest BCUT2D eigenvalue weighted by Crippen LogP contribution is -2.00. The van der Waals surface area contributed by atoms with Crippen LogP contribution < -0.4 is 5.36 Å². The average Bonchev–Trinajstić information content (AvgIpc) is 2.35. The highest BCUT2D eigenvalue weighted by Gasteiger charge is 2.06. The first-order valence-electron chi connectivity index (χ1n) is 5.63. The first-order chi connectivity index (χ1) is 8.26. The Labute approximate surface area is 99.6 Å². The third-order valence-electron chi connectivity index (χ3n) is 2.96. The van der Waals surface area contributed by atoms with E-state index in [9.17, 15) is 0 Å². The van der Waals surface area contributed by atoms with Gasteiger partial charge in [-0.25, -0.2) is 0 Å². The molecule has 2 aliphatic rings. The lowest BCUT2D eigenvalue weighted by molar-refractivity contribution is 0.618. The summed E-state index contributed by atoms with van der Waals surface area (Å²) in [6.45, 7) is 2.07. The summed E-state index contributed by atoms with van der Waals surface area (Å²) in [5, 5.41) is 2.07. The zero-order chi connectivity index (χ0) is 11.8. The molecule has 0 atom stereocenters. The average molecular weight is 223 g/mol. The van der Waals surface area contributed by atoms with Crippen LogP contribution in [0, 0.1) is 6.92 Å². The van der Waals surface area contributed by atoms with Crippen LogP contribution in [-0.2, 0) is 0 Å². The van der Waals surface area contributed by atoms with Crippen LogP contribution in [0.1, 0.15) is 5.56 Å². The largest absolute Gasteiger partial charge is 0.456 e. The number of nitrogens with zero attached hydrogens (tertiary/aromatic N) is 1. The summed E-state index contributed by atoms with van der Waals surface area (Å²) >= 11 is 0. The van der Waals surface area contributed by atoms with Gasteiger partial charge in [-0.15, -0.1) is 0 Å². The zero-order valence-electron chi connectivity index (χ0n) is 9.90. The van der Waals surface area contributed by atoms with Crippen molar-refractivity contribution >= 4 is 11.0 Å². The Balaban J connectivity index is 2.41. The van der Waals surface area contributed by atoms with Gasteiger partial charge in [0.2, 0.25) is 0 Å². The monoisotopic (exact) mass is 223 g/mol. The molecule has 1 aromatic carbocycles. The summed E-state index contributed by atoms with van der Waals surface area (Å²) in [5.41, 5.74) is 3.23. The minimum Gasteiger partial charge on any atom is -0.456 e. The van der Waals surface area contributed by atoms with Gasteiger partial charge < -0.3 is 4.42 Å². The van der Waals surface area contributed by atoms with Crippen LogP contribution in [0.4, 0.5) is 0 Å². The van der Waals surface area contributed by atoms with Crippen molar-refractivity contribution in [2.45, 2.75) is 6.92 Å². The normalized spacial score (nSPS) is 12.5. The van der Waals surface area contributed by atoms with E-state index in [0.29, 0.717) is 0 Å². The Kier molecular flexibility index (Phi) is 2.22. The first-order valence-corrected chi connectivity index (χ1v) is 5.63. The van der Waals surface area contributed by atoms with Crippen molar-refractivity contribution in [2.24, 2.45) is 4.99 Å². The molecule has 0 spiro atoms. The minimum atomic E-state index is 0.881. The molecule has 0 radical (unpaired) electrons. The molecule has 1 aliphatic heterocycles. The molecule has 17 heavy (non-hydrogen) atoms. The molecule has 2 heteroatoms. The fourth-order valence-electron chi connectivity index (χ4n) is 2.00. The molecule has 0 saturated heterocycles. The maximum Gasteiger partial charge on any atom is 0.136 e. The van der Waals surface area contributed by atoms with E-state index in [-0.39, 0.29) is 0 Å². The molecular weight excluding hydrogens is 210 g/mol. The summed E-state index contributed by atoms with van der Waals surface area (Å²) in [6.07, 6.45) is 0. The van der Waals surface area contributed by atoms with Gasteiger partial charge in [0, 0.05) is 24.1 Å². The quantitative estimate of drug-likeness (QED) is 0.536. The van der Waals surface area contributed by atoms with Crippen molar-refractivity contribution in [1.29, 1.82) is 0 Å². The Morgan fingerprint density at radius 1 is 1.00 bits per heavy atom. The smallest absolute Gasteiger partial charge is 0.136 e. The molecule has 0 aromatic heterocycles. The van der Waals surface area contributed by atoms with Crippen LogP contribution in [0.3, 0.4) is 0 Å². The highest BCUT2D eigenvalue weighted by molar-refractivity contribution is 5.83. The maximum absolute atomic E-state index is 5.91. The number of hydrogen-bond donors (Lipinski definition) is 0. The third-order valence-corrected chi connectivity index (χ3v) is 2.96. The van der Waals surface area contributed by atoms with Crippen LogP contribution in [0.2, 0.25) is 0 Å². The SMILES string of the molecule is C/N=c1\ccc2cc3ccc(C)cc3oc-2c1. The van der Waals surface area contributed by atoms with Crippen molar-refractivity contribution < 1.29 is 4.42 Å². The van der Waals surface area contributed by atoms with Gasteiger partial charge in [0.05, 0.1) is 5.36 Å². The Hall–Kier alpha value is -2.09. The lowest BCUT2D eigenvalue weighted by Gasteiger charge is -2.07. The molecule has 3 rings (SSSR count). The second-order valence-corrected chi connectivity index (χ2v) is 4.23. The van der Waals surface area contributed by atoms with Crippen molar-refractivity contribution in [3.63, 3.8) is 0 Å². The van der Waals surface area contributed by atoms with Crippen molar-refractivity contribution in [3.05, 3.63) is 53.4 Å². The fraction of sp³-hybridized carbons (Fsp3) is 0.133. The predicted octanol–water partition coefficient (Wildman–Crippen LogP) is 3.38. The molecule has 2 nitrogen and oxygen atoms in total. The van der Waals surface area contributed by atoms with E-state index >= 15 is 0 Å².